The number of piperazine rings is 1. The van der Waals surface area contributed by atoms with Crippen molar-refractivity contribution in [3.8, 4) is 0 Å². The lowest BCUT2D eigenvalue weighted by atomic mass is 10.2. The van der Waals surface area contributed by atoms with Crippen LogP contribution in [0.25, 0.3) is 0 Å². The van der Waals surface area contributed by atoms with E-state index in [9.17, 15) is 4.79 Å². The number of rotatable bonds is 3. The molecule has 0 saturated carbocycles. The molecular weight excluding hydrogens is 282 g/mol. The normalized spacial score (nSPS) is 15.3. The number of thiazole rings is 1. The Morgan fingerprint density at radius 2 is 1.86 bits per heavy atom. The van der Waals surface area contributed by atoms with Crippen LogP contribution in [0.3, 0.4) is 0 Å². The maximum Gasteiger partial charge on any atom is 0.186 e. The largest absolute Gasteiger partial charge is 0.368 e. The lowest BCUT2D eigenvalue weighted by Crippen LogP contribution is -2.46. The number of aryl methyl sites for hydroxylation is 2. The Labute approximate surface area is 129 Å². The number of carbonyl (C=O) groups excluding carboxylic acids is 1. The summed E-state index contributed by atoms with van der Waals surface area (Å²) in [7, 11) is 0. The van der Waals surface area contributed by atoms with E-state index in [2.05, 4.69) is 46.0 Å². The highest BCUT2D eigenvalue weighted by Crippen LogP contribution is 2.26. The molecule has 1 fully saturated rings. The minimum atomic E-state index is 0.742. The molecule has 0 N–H and O–H groups in total. The third-order valence-electron chi connectivity index (χ3n) is 3.85. The summed E-state index contributed by atoms with van der Waals surface area (Å²) in [5.41, 5.74) is 3.42. The van der Waals surface area contributed by atoms with Crippen molar-refractivity contribution < 1.29 is 4.79 Å². The highest BCUT2D eigenvalue weighted by atomic mass is 32.1. The van der Waals surface area contributed by atoms with E-state index in [-0.39, 0.29) is 0 Å². The lowest BCUT2D eigenvalue weighted by molar-refractivity contribution is 0.112. The zero-order chi connectivity index (χ0) is 14.8. The van der Waals surface area contributed by atoms with E-state index in [0.29, 0.717) is 0 Å². The Morgan fingerprint density at radius 1 is 1.14 bits per heavy atom. The molecule has 0 amide bonds. The smallest absolute Gasteiger partial charge is 0.186 e. The summed E-state index contributed by atoms with van der Waals surface area (Å²) in [5, 5.41) is 0.971. The number of benzene rings is 1. The summed E-state index contributed by atoms with van der Waals surface area (Å²) < 4.78 is 0. The van der Waals surface area contributed by atoms with E-state index in [1.165, 1.54) is 22.6 Å². The fourth-order valence-electron chi connectivity index (χ4n) is 2.62. The summed E-state index contributed by atoms with van der Waals surface area (Å²) in [4.78, 5) is 20.9. The maximum atomic E-state index is 10.9. The molecule has 1 aliphatic heterocycles. The second-order valence-corrected chi connectivity index (χ2v) is 6.39. The van der Waals surface area contributed by atoms with Crippen LogP contribution in [0.15, 0.2) is 24.3 Å². The van der Waals surface area contributed by atoms with Gasteiger partial charge in [-0.15, -0.1) is 0 Å². The third kappa shape index (κ3) is 2.93. The predicted molar refractivity (Wildman–Crippen MR) is 87.8 cm³/mol. The molecule has 0 aliphatic carbocycles. The number of anilines is 2. The summed E-state index contributed by atoms with van der Waals surface area (Å²) in [6, 6.07) is 8.63. The Bertz CT molecular complexity index is 645. The second-order valence-electron chi connectivity index (χ2n) is 5.38. The number of aromatic nitrogens is 1. The van der Waals surface area contributed by atoms with Gasteiger partial charge in [-0.05, 0) is 31.5 Å². The Morgan fingerprint density at radius 3 is 2.48 bits per heavy atom. The van der Waals surface area contributed by atoms with Gasteiger partial charge < -0.3 is 9.80 Å². The van der Waals surface area contributed by atoms with Gasteiger partial charge in [0.05, 0.1) is 10.6 Å². The summed E-state index contributed by atoms with van der Waals surface area (Å²) >= 11 is 1.49. The predicted octanol–water partition coefficient (Wildman–Crippen LogP) is 2.90. The van der Waals surface area contributed by atoms with Crippen molar-refractivity contribution in [3.63, 3.8) is 0 Å². The number of carbonyl (C=O) groups is 1. The number of nitrogens with zero attached hydrogens (tertiary/aromatic N) is 3. The summed E-state index contributed by atoms with van der Waals surface area (Å²) in [5.74, 6) is 0. The SMILES string of the molecule is Cc1cccc(N2CCN(c3nc(C)c(C=O)s3)CC2)c1. The van der Waals surface area contributed by atoms with Crippen molar-refractivity contribution in [2.75, 3.05) is 36.0 Å². The van der Waals surface area contributed by atoms with E-state index in [4.69, 9.17) is 0 Å². The first-order valence-corrected chi connectivity index (χ1v) is 7.98. The average molecular weight is 301 g/mol. The molecule has 5 heteroatoms. The molecule has 0 unspecified atom stereocenters. The minimum absolute atomic E-state index is 0.742. The Balaban J connectivity index is 1.68. The van der Waals surface area contributed by atoms with E-state index in [1.807, 2.05) is 6.92 Å². The molecule has 0 bridgehead atoms. The summed E-state index contributed by atoms with van der Waals surface area (Å²) in [6.45, 7) is 7.88. The molecule has 1 aliphatic rings. The van der Waals surface area contributed by atoms with Gasteiger partial charge >= 0.3 is 0 Å². The molecule has 1 aromatic heterocycles. The van der Waals surface area contributed by atoms with E-state index in [1.54, 1.807) is 0 Å². The van der Waals surface area contributed by atoms with E-state index >= 15 is 0 Å². The Kier molecular flexibility index (Phi) is 3.92. The molecule has 0 atom stereocenters. The van der Waals surface area contributed by atoms with Gasteiger partial charge in [-0.3, -0.25) is 4.79 Å². The van der Waals surface area contributed by atoms with Crippen LogP contribution >= 0.6 is 11.3 Å². The first-order chi connectivity index (χ1) is 10.2. The van der Waals surface area contributed by atoms with Crippen LogP contribution < -0.4 is 9.80 Å². The second kappa shape index (κ2) is 5.85. The molecule has 2 heterocycles. The molecule has 21 heavy (non-hydrogen) atoms. The van der Waals surface area contributed by atoms with Crippen LogP contribution in [0.5, 0.6) is 0 Å². The van der Waals surface area contributed by atoms with Crippen molar-refractivity contribution in [2.24, 2.45) is 0 Å². The lowest BCUT2D eigenvalue weighted by Gasteiger charge is -2.36. The van der Waals surface area contributed by atoms with Crippen molar-refractivity contribution in [1.82, 2.24) is 4.98 Å². The standard InChI is InChI=1S/C16H19N3OS/c1-12-4-3-5-14(10-12)18-6-8-19(9-7-18)16-17-13(2)15(11-20)21-16/h3-5,10-11H,6-9H2,1-2H3. The molecule has 2 aromatic rings. The highest BCUT2D eigenvalue weighted by molar-refractivity contribution is 7.17. The molecule has 1 saturated heterocycles. The van der Waals surface area contributed by atoms with Crippen LogP contribution in [0, 0.1) is 13.8 Å². The summed E-state index contributed by atoms with van der Waals surface area (Å²) in [6.07, 6.45) is 0.902. The van der Waals surface area contributed by atoms with Crippen molar-refractivity contribution in [1.29, 1.82) is 0 Å². The number of hydrogen-bond acceptors (Lipinski definition) is 5. The number of hydrogen-bond donors (Lipinski definition) is 0. The molecule has 0 radical (unpaired) electrons. The first kappa shape index (κ1) is 14.1. The van der Waals surface area contributed by atoms with Gasteiger partial charge in [0, 0.05) is 31.9 Å². The van der Waals surface area contributed by atoms with Crippen molar-refractivity contribution >= 4 is 28.4 Å². The zero-order valence-electron chi connectivity index (χ0n) is 12.4. The van der Waals surface area contributed by atoms with Gasteiger partial charge in [0.25, 0.3) is 0 Å². The minimum Gasteiger partial charge on any atom is -0.368 e. The Hall–Kier alpha value is -1.88. The van der Waals surface area contributed by atoms with Crippen molar-refractivity contribution in [2.45, 2.75) is 13.8 Å². The first-order valence-electron chi connectivity index (χ1n) is 7.16. The van der Waals surface area contributed by atoms with Gasteiger partial charge in [0.2, 0.25) is 0 Å². The maximum absolute atomic E-state index is 10.9. The molecule has 4 nitrogen and oxygen atoms in total. The van der Waals surface area contributed by atoms with Crippen LogP contribution in [0.1, 0.15) is 20.9 Å². The topological polar surface area (TPSA) is 36.4 Å². The fraction of sp³-hybridized carbons (Fsp3) is 0.375. The van der Waals surface area contributed by atoms with Crippen molar-refractivity contribution in [3.05, 3.63) is 40.4 Å². The van der Waals surface area contributed by atoms with Crippen LogP contribution in [-0.2, 0) is 0 Å². The van der Waals surface area contributed by atoms with Gasteiger partial charge in [-0.25, -0.2) is 4.98 Å². The van der Waals surface area contributed by atoms with E-state index in [0.717, 1.165) is 48.2 Å². The van der Waals surface area contributed by atoms with Gasteiger partial charge in [0.15, 0.2) is 11.4 Å². The quantitative estimate of drug-likeness (QED) is 0.817. The molecule has 3 rings (SSSR count). The third-order valence-corrected chi connectivity index (χ3v) is 4.99. The van der Waals surface area contributed by atoms with Crippen LogP contribution in [-0.4, -0.2) is 37.4 Å². The van der Waals surface area contributed by atoms with Gasteiger partial charge in [0.1, 0.15) is 0 Å². The molecular formula is C16H19N3OS. The molecule has 0 spiro atoms. The number of aldehydes is 1. The van der Waals surface area contributed by atoms with E-state index < -0.39 is 0 Å². The molecule has 110 valence electrons. The van der Waals surface area contributed by atoms with Crippen LogP contribution in [0.2, 0.25) is 0 Å². The van der Waals surface area contributed by atoms with Crippen LogP contribution in [0.4, 0.5) is 10.8 Å². The van der Waals surface area contributed by atoms with Gasteiger partial charge in [-0.2, -0.15) is 0 Å². The highest BCUT2D eigenvalue weighted by Gasteiger charge is 2.20. The monoisotopic (exact) mass is 301 g/mol. The fourth-order valence-corrected chi connectivity index (χ4v) is 3.55. The molecule has 1 aromatic carbocycles. The average Bonchev–Trinajstić information content (AvgIpc) is 2.88. The van der Waals surface area contributed by atoms with Gasteiger partial charge in [-0.1, -0.05) is 23.5 Å². The zero-order valence-corrected chi connectivity index (χ0v) is 13.2.